The number of hydrogen-bond acceptors (Lipinski definition) is 19. The smallest absolute Gasteiger partial charge is 0.407 e. The van der Waals surface area contributed by atoms with Gasteiger partial charge >= 0.3 is 12.1 Å². The number of carbonyl (C=O) groups is 10. The molecule has 2 aromatic heterocycles. The Morgan fingerprint density at radius 3 is 2.04 bits per heavy atom. The van der Waals surface area contributed by atoms with E-state index in [-0.39, 0.29) is 75.4 Å². The molecule has 0 aliphatic carbocycles. The van der Waals surface area contributed by atoms with Gasteiger partial charge in [-0.1, -0.05) is 99.1 Å². The summed E-state index contributed by atoms with van der Waals surface area (Å²) in [6, 6.07) is 14.2. The Labute approximate surface area is 566 Å². The molecule has 1 saturated heterocycles. The van der Waals surface area contributed by atoms with Crippen LogP contribution in [0.15, 0.2) is 114 Å². The van der Waals surface area contributed by atoms with E-state index in [1.807, 2.05) is 12.1 Å². The number of aromatic amines is 1. The number of aromatic nitrogens is 2. The number of fused-ring (bicyclic) bond motifs is 1. The summed E-state index contributed by atoms with van der Waals surface area (Å²) in [5.74, 6) is -7.67. The molecule has 95 heavy (non-hydrogen) atoms. The lowest BCUT2D eigenvalue weighted by molar-refractivity contribution is -0.137. The summed E-state index contributed by atoms with van der Waals surface area (Å²) in [4.78, 5) is 151. The second kappa shape index (κ2) is 38.4. The molecule has 1 aliphatic heterocycles. The first-order valence-corrected chi connectivity index (χ1v) is 35.8. The number of aliphatic hydroxyl groups excluding tert-OH is 2. The molecule has 514 valence electrons. The van der Waals surface area contributed by atoms with Crippen LogP contribution in [-0.2, 0) is 62.4 Å². The predicted molar refractivity (Wildman–Crippen MR) is 365 cm³/mol. The number of rotatable bonds is 25. The number of pyridine rings is 1. The molecule has 0 saturated carbocycles. The molecular weight excluding hydrogens is 1300 g/mol. The highest BCUT2D eigenvalue weighted by Crippen LogP contribution is 2.29. The number of alkyl carbamates (subject to hydrolysis) is 1. The third kappa shape index (κ3) is 25.8. The van der Waals surface area contributed by atoms with E-state index < -0.39 is 126 Å². The van der Waals surface area contributed by atoms with Crippen LogP contribution >= 0.6 is 43.2 Å². The van der Waals surface area contributed by atoms with E-state index in [9.17, 15) is 48.9 Å². The Hall–Kier alpha value is -8.23. The SMILES string of the molecule is CCNC(=O)[C@@H](NC(=O)[C@@H]1CSSC[C@H](NC(=O)[C@@H](Cc2ccccc2)NC(=O)NCCSSc2ccccn2)C(=O)N[C@@H](Cc2ccc(O)cc2)C(=O)N[C@H](Cc2c[nH]c3ccccc23)C(=O)N[C@@H](CCCCNC(=O)OC(C)(C)C)C(=O)N[C@@H]([C@@H](C)O)C(=O)N1)[C@@H](C)O. The number of amides is 11. The number of carbonyl (C=O) groups excluding carboxylic acids is 10. The van der Waals surface area contributed by atoms with Gasteiger partial charge in [0, 0.05) is 79.5 Å². The van der Waals surface area contributed by atoms with Crippen LogP contribution in [0.2, 0.25) is 0 Å². The van der Waals surface area contributed by atoms with Crippen LogP contribution in [0.1, 0.15) is 77.5 Å². The summed E-state index contributed by atoms with van der Waals surface area (Å²) in [6.45, 7) is 9.60. The molecule has 6 rings (SSSR count). The molecule has 3 aromatic carbocycles. The van der Waals surface area contributed by atoms with Crippen LogP contribution in [0.3, 0.4) is 0 Å². The van der Waals surface area contributed by atoms with E-state index in [1.165, 1.54) is 59.7 Å². The number of phenolic OH excluding ortho intramolecular Hbond substituents is 1. The largest absolute Gasteiger partial charge is 0.508 e. The molecule has 0 spiro atoms. The van der Waals surface area contributed by atoms with Gasteiger partial charge in [0.25, 0.3) is 0 Å². The van der Waals surface area contributed by atoms with Crippen LogP contribution in [0.4, 0.5) is 9.59 Å². The van der Waals surface area contributed by atoms with Gasteiger partial charge in [0.05, 0.1) is 12.2 Å². The summed E-state index contributed by atoms with van der Waals surface area (Å²) in [5.41, 5.74) is 1.54. The number of ether oxygens (including phenoxy) is 1. The number of likely N-dealkylation sites (N-methyl/N-ethyl adjacent to an activating group) is 1. The average Bonchev–Trinajstić information content (AvgIpc) is 1.79. The maximum Gasteiger partial charge on any atom is 0.407 e. The van der Waals surface area contributed by atoms with Crippen molar-refractivity contribution in [3.05, 3.63) is 126 Å². The lowest BCUT2D eigenvalue weighted by atomic mass is 10.0. The first-order chi connectivity index (χ1) is 45.4. The minimum Gasteiger partial charge on any atom is -0.508 e. The minimum absolute atomic E-state index is 0.0489. The highest BCUT2D eigenvalue weighted by atomic mass is 33.1. The molecule has 10 atom stereocenters. The van der Waals surface area contributed by atoms with E-state index >= 15 is 14.4 Å². The number of urea groups is 1. The third-order valence-electron chi connectivity index (χ3n) is 14.4. The lowest BCUT2D eigenvalue weighted by Gasteiger charge is -2.29. The normalized spacial score (nSPS) is 19.9. The van der Waals surface area contributed by atoms with Crippen molar-refractivity contribution in [2.45, 2.75) is 151 Å². The fraction of sp³-hybridized carbons (Fsp3) is 0.453. The van der Waals surface area contributed by atoms with Gasteiger partial charge in [0.2, 0.25) is 47.3 Å². The number of hydrogen-bond donors (Lipinski definition) is 15. The predicted octanol–water partition coefficient (Wildman–Crippen LogP) is 2.79. The Morgan fingerprint density at radius 1 is 0.695 bits per heavy atom. The second-order valence-corrected chi connectivity index (χ2v) is 28.3. The van der Waals surface area contributed by atoms with Crippen molar-refractivity contribution in [3.63, 3.8) is 0 Å². The Bertz CT molecular complexity index is 3370. The van der Waals surface area contributed by atoms with Gasteiger partial charge in [-0.2, -0.15) is 0 Å². The van der Waals surface area contributed by atoms with E-state index in [2.05, 4.69) is 68.5 Å². The van der Waals surface area contributed by atoms with E-state index in [0.717, 1.165) is 26.6 Å². The van der Waals surface area contributed by atoms with Crippen molar-refractivity contribution in [2.75, 3.05) is 36.9 Å². The molecule has 31 heteroatoms. The van der Waals surface area contributed by atoms with Crippen molar-refractivity contribution in [1.82, 2.24) is 68.5 Å². The van der Waals surface area contributed by atoms with Crippen molar-refractivity contribution in [1.29, 1.82) is 0 Å². The van der Waals surface area contributed by atoms with E-state index in [0.29, 0.717) is 33.3 Å². The van der Waals surface area contributed by atoms with Gasteiger partial charge in [0.1, 0.15) is 64.7 Å². The summed E-state index contributed by atoms with van der Waals surface area (Å²) in [6.07, 6.45) is -0.711. The minimum atomic E-state index is -1.81. The van der Waals surface area contributed by atoms with Crippen molar-refractivity contribution in [2.24, 2.45) is 0 Å². The highest BCUT2D eigenvalue weighted by molar-refractivity contribution is 8.77. The number of aliphatic hydroxyl groups is 2. The third-order valence-corrected chi connectivity index (χ3v) is 19.1. The Morgan fingerprint density at radius 2 is 1.36 bits per heavy atom. The topological polar surface area (TPSA) is 402 Å². The van der Waals surface area contributed by atoms with Gasteiger partial charge in [0.15, 0.2) is 0 Å². The van der Waals surface area contributed by atoms with E-state index in [4.69, 9.17) is 4.74 Å². The lowest BCUT2D eigenvalue weighted by Crippen LogP contribution is -2.63. The van der Waals surface area contributed by atoms with Gasteiger partial charge in [-0.15, -0.1) is 0 Å². The number of nitrogens with zero attached hydrogens (tertiary/aromatic N) is 1. The zero-order chi connectivity index (χ0) is 69.0. The number of para-hydroxylation sites is 1. The van der Waals surface area contributed by atoms with Gasteiger partial charge in [-0.05, 0) is 119 Å². The van der Waals surface area contributed by atoms with Crippen molar-refractivity contribution >= 4 is 113 Å². The number of unbranched alkanes of at least 4 members (excludes halogenated alkanes) is 1. The maximum absolute atomic E-state index is 15.2. The first-order valence-electron chi connectivity index (χ1n) is 31.0. The fourth-order valence-corrected chi connectivity index (χ4v) is 13.7. The molecule has 0 unspecified atom stereocenters. The average molecular weight is 1390 g/mol. The molecule has 3 heterocycles. The van der Waals surface area contributed by atoms with E-state index in [1.54, 1.807) is 101 Å². The highest BCUT2D eigenvalue weighted by Gasteiger charge is 2.38. The number of H-pyrrole nitrogens is 1. The molecular formula is C64H85N13O14S4. The van der Waals surface area contributed by atoms with Crippen LogP contribution in [0.25, 0.3) is 10.9 Å². The molecule has 0 bridgehead atoms. The zero-order valence-electron chi connectivity index (χ0n) is 53.6. The second-order valence-electron chi connectivity index (χ2n) is 23.3. The quantitative estimate of drug-likeness (QED) is 0.0295. The maximum atomic E-state index is 15.2. The van der Waals surface area contributed by atoms with Gasteiger partial charge < -0.3 is 83.5 Å². The Kier molecular flexibility index (Phi) is 30.6. The van der Waals surface area contributed by atoms with Crippen LogP contribution in [-0.4, -0.2) is 188 Å². The van der Waals surface area contributed by atoms with Gasteiger partial charge in [-0.3, -0.25) is 38.4 Å². The molecule has 11 amide bonds. The molecule has 15 N–H and O–H groups in total. The Balaban J connectivity index is 1.40. The monoisotopic (exact) mass is 1390 g/mol. The number of aromatic hydroxyl groups is 1. The molecule has 1 fully saturated rings. The number of nitrogens with one attached hydrogen (secondary N) is 12. The number of benzene rings is 3. The van der Waals surface area contributed by atoms with Crippen LogP contribution in [0.5, 0.6) is 5.75 Å². The summed E-state index contributed by atoms with van der Waals surface area (Å²) >= 11 is 0. The molecule has 27 nitrogen and oxygen atoms in total. The van der Waals surface area contributed by atoms with Crippen LogP contribution < -0.4 is 58.5 Å². The summed E-state index contributed by atoms with van der Waals surface area (Å²) in [5, 5.41) is 63.0. The van der Waals surface area contributed by atoms with Crippen molar-refractivity contribution < 1.29 is 68.0 Å². The number of phenols is 1. The fourth-order valence-electron chi connectivity index (χ4n) is 9.58. The van der Waals surface area contributed by atoms with Crippen LogP contribution in [0, 0.1) is 0 Å². The molecule has 0 radical (unpaired) electrons. The first kappa shape index (κ1) is 75.8. The summed E-state index contributed by atoms with van der Waals surface area (Å²) in [7, 11) is 4.73. The molecule has 5 aromatic rings. The van der Waals surface area contributed by atoms with Crippen molar-refractivity contribution in [3.8, 4) is 5.75 Å². The summed E-state index contributed by atoms with van der Waals surface area (Å²) < 4.78 is 5.36. The molecule has 1 aliphatic rings. The standard InChI is InChI=1S/C64H85N13O14S4/c1-7-65-60(87)52(37(2)78)76-59(86)50-36-94-93-35-49(73-56(83)47(31-39-17-9-8-10-18-39)75-62(89)67-29-30-92-95-51-22-14-16-27-66-51)58(85)71-46(32-40-23-25-42(80)26-24-40)55(82)72-48(33-41-34-69-44-20-12-11-19-43(41)44)57(84)70-45(54(81)77-53(38(3)79)61(88)74-50)21-13-15-28-68-63(90)91-64(4,5)6/h8-12,14,16-20,22-27,34,37-38,45-50,52-53,69,78-80H,7,13,15,21,28-33,35-36H2,1-6H3,(H,65,87)(H,68,90)(H,70,84)(H,71,85)(H,72,82)(H,73,83)(H,74,88)(H,76,86)(H,77,81)(H2,67,75,89)/t37-,38-,45+,46+,47-,48-,49+,50+,52+,53+/m1/s1. The van der Waals surface area contributed by atoms with Gasteiger partial charge in [-0.25, -0.2) is 14.6 Å². The zero-order valence-corrected chi connectivity index (χ0v) is 56.8.